The van der Waals surface area contributed by atoms with Gasteiger partial charge in [0.05, 0.1) is 0 Å². The van der Waals surface area contributed by atoms with Crippen molar-refractivity contribution >= 4 is 18.7 Å². The third kappa shape index (κ3) is 3.23. The Morgan fingerprint density at radius 3 is 2.65 bits per heavy atom. The fourth-order valence-corrected chi connectivity index (χ4v) is 2.29. The maximum Gasteiger partial charge on any atom is 0.236 e. The number of fused-ring (bicyclic) bond motifs is 1. The van der Waals surface area contributed by atoms with E-state index in [1.165, 1.54) is 16.7 Å². The Labute approximate surface area is 109 Å². The second-order valence-corrected chi connectivity index (χ2v) is 4.51. The topological polar surface area (TPSA) is 46.3 Å². The first-order valence-corrected chi connectivity index (χ1v) is 6.31. The van der Waals surface area contributed by atoms with Gasteiger partial charge in [0, 0.05) is 6.54 Å². The Morgan fingerprint density at radius 2 is 2.06 bits per heavy atom. The third-order valence-electron chi connectivity index (χ3n) is 2.80. The molecule has 1 unspecified atom stereocenters. The lowest BCUT2D eigenvalue weighted by molar-refractivity contribution is -0.121. The fraction of sp³-hybridized carbons (Fsp3) is 0.462. The number of aryl methyl sites for hydroxylation is 1. The Balaban J connectivity index is 0.000000686. The first kappa shape index (κ1) is 14.1. The summed E-state index contributed by atoms with van der Waals surface area (Å²) >= 11 is 4.28. The molecular formula is C13H20N2OS. The molecule has 0 aromatic heterocycles. The van der Waals surface area contributed by atoms with E-state index in [9.17, 15) is 4.79 Å². The molecule has 1 aromatic carbocycles. The van der Waals surface area contributed by atoms with E-state index in [2.05, 4.69) is 31.0 Å². The van der Waals surface area contributed by atoms with E-state index in [1.54, 1.807) is 4.31 Å². The Morgan fingerprint density at radius 1 is 1.41 bits per heavy atom. The molecule has 1 aliphatic heterocycles. The quantitative estimate of drug-likeness (QED) is 0.752. The number of primary amides is 1. The zero-order valence-corrected chi connectivity index (χ0v) is 11.5. The second-order valence-electron chi connectivity index (χ2n) is 3.99. The minimum Gasteiger partial charge on any atom is -0.368 e. The molecule has 1 aliphatic rings. The fourth-order valence-electron chi connectivity index (χ4n) is 1.94. The van der Waals surface area contributed by atoms with E-state index in [1.807, 2.05) is 20.8 Å². The molecule has 0 radical (unpaired) electrons. The van der Waals surface area contributed by atoms with Crippen LogP contribution >= 0.6 is 12.8 Å². The van der Waals surface area contributed by atoms with E-state index in [-0.39, 0.29) is 11.9 Å². The summed E-state index contributed by atoms with van der Waals surface area (Å²) in [5.74, 6) is -0.308. The third-order valence-corrected chi connectivity index (χ3v) is 3.22. The lowest BCUT2D eigenvalue weighted by Gasteiger charge is -2.30. The number of hydrogen-bond donors (Lipinski definition) is 2. The molecule has 1 amide bonds. The smallest absolute Gasteiger partial charge is 0.236 e. The number of thiol groups is 1. The zero-order chi connectivity index (χ0) is 13.0. The number of nitrogens with two attached hydrogens (primary N) is 1. The van der Waals surface area contributed by atoms with Crippen LogP contribution in [0.3, 0.4) is 0 Å². The number of carbonyl (C=O) groups is 1. The van der Waals surface area contributed by atoms with Crippen molar-refractivity contribution in [1.29, 1.82) is 0 Å². The van der Waals surface area contributed by atoms with Crippen molar-refractivity contribution in [1.82, 2.24) is 4.31 Å². The van der Waals surface area contributed by atoms with Crippen LogP contribution in [0.1, 0.15) is 30.5 Å². The summed E-state index contributed by atoms with van der Waals surface area (Å²) in [4.78, 5) is 11.2. The molecule has 0 bridgehead atoms. The van der Waals surface area contributed by atoms with Crippen molar-refractivity contribution in [2.24, 2.45) is 5.73 Å². The van der Waals surface area contributed by atoms with Crippen molar-refractivity contribution < 1.29 is 4.79 Å². The molecule has 17 heavy (non-hydrogen) atoms. The SMILES string of the molecule is CC.Cc1ccc2c(c1)CC(C(N)=O)N(S)C2. The summed E-state index contributed by atoms with van der Waals surface area (Å²) in [6, 6.07) is 5.99. The number of hydrogen-bond acceptors (Lipinski definition) is 3. The van der Waals surface area contributed by atoms with Gasteiger partial charge in [-0.3, -0.25) is 4.79 Å². The number of carbonyl (C=O) groups excluding carboxylic acids is 1. The molecule has 94 valence electrons. The minimum absolute atomic E-state index is 0.289. The second kappa shape index (κ2) is 6.07. The summed E-state index contributed by atoms with van der Waals surface area (Å²) in [5, 5.41) is 0. The maximum absolute atomic E-state index is 11.2. The molecule has 1 heterocycles. The highest BCUT2D eigenvalue weighted by molar-refractivity contribution is 7.77. The van der Waals surface area contributed by atoms with E-state index in [0.717, 1.165) is 0 Å². The molecule has 2 rings (SSSR count). The predicted octanol–water partition coefficient (Wildman–Crippen LogP) is 2.08. The highest BCUT2D eigenvalue weighted by Crippen LogP contribution is 2.25. The lowest BCUT2D eigenvalue weighted by atomic mass is 9.94. The highest BCUT2D eigenvalue weighted by atomic mass is 32.1. The van der Waals surface area contributed by atoms with Crippen LogP contribution in [0.5, 0.6) is 0 Å². The Hall–Kier alpha value is -1.00. The average Bonchev–Trinajstić information content (AvgIpc) is 2.31. The van der Waals surface area contributed by atoms with Crippen LogP contribution in [-0.4, -0.2) is 16.3 Å². The van der Waals surface area contributed by atoms with Crippen LogP contribution in [-0.2, 0) is 17.8 Å². The van der Waals surface area contributed by atoms with Crippen LogP contribution in [0.2, 0.25) is 0 Å². The first-order chi connectivity index (χ1) is 8.08. The van der Waals surface area contributed by atoms with Crippen molar-refractivity contribution in [3.05, 3.63) is 34.9 Å². The standard InChI is InChI=1S/C11H14N2OS.C2H6/c1-7-2-3-8-6-13(15)10(11(12)14)5-9(8)4-7;1-2/h2-4,10,15H,5-6H2,1H3,(H2,12,14);1-2H3. The van der Waals surface area contributed by atoms with Gasteiger partial charge in [0.2, 0.25) is 5.91 Å². The van der Waals surface area contributed by atoms with Crippen LogP contribution < -0.4 is 5.73 Å². The van der Waals surface area contributed by atoms with Crippen LogP contribution in [0.4, 0.5) is 0 Å². The summed E-state index contributed by atoms with van der Waals surface area (Å²) in [7, 11) is 0. The predicted molar refractivity (Wildman–Crippen MR) is 73.7 cm³/mol. The highest BCUT2D eigenvalue weighted by Gasteiger charge is 2.27. The van der Waals surface area contributed by atoms with Crippen LogP contribution in [0.15, 0.2) is 18.2 Å². The normalized spacial score (nSPS) is 18.9. The largest absolute Gasteiger partial charge is 0.368 e. The molecule has 0 saturated carbocycles. The summed E-state index contributed by atoms with van der Waals surface area (Å²) in [6.07, 6.45) is 0.663. The molecule has 0 saturated heterocycles. The van der Waals surface area contributed by atoms with Gasteiger partial charge in [-0.05, 0) is 24.5 Å². The van der Waals surface area contributed by atoms with E-state index >= 15 is 0 Å². The maximum atomic E-state index is 11.2. The molecular weight excluding hydrogens is 232 g/mol. The number of benzene rings is 1. The van der Waals surface area contributed by atoms with Gasteiger partial charge >= 0.3 is 0 Å². The molecule has 1 aromatic rings. The summed E-state index contributed by atoms with van der Waals surface area (Å²) in [6.45, 7) is 6.72. The minimum atomic E-state index is -0.308. The number of rotatable bonds is 1. The van der Waals surface area contributed by atoms with Gasteiger partial charge in [-0.15, -0.1) is 0 Å². The molecule has 0 fully saturated rings. The van der Waals surface area contributed by atoms with E-state index in [0.29, 0.717) is 13.0 Å². The van der Waals surface area contributed by atoms with Gasteiger partial charge in [0.25, 0.3) is 0 Å². The van der Waals surface area contributed by atoms with Gasteiger partial charge in [-0.1, -0.05) is 50.4 Å². The van der Waals surface area contributed by atoms with Crippen molar-refractivity contribution in [3.8, 4) is 0 Å². The average molecular weight is 252 g/mol. The van der Waals surface area contributed by atoms with Gasteiger partial charge in [0.1, 0.15) is 6.04 Å². The van der Waals surface area contributed by atoms with E-state index in [4.69, 9.17) is 5.73 Å². The Kier molecular flexibility index (Phi) is 5.02. The van der Waals surface area contributed by atoms with Gasteiger partial charge in [0.15, 0.2) is 0 Å². The summed E-state index contributed by atoms with van der Waals surface area (Å²) in [5.41, 5.74) is 8.98. The van der Waals surface area contributed by atoms with Gasteiger partial charge in [-0.25, -0.2) is 4.31 Å². The molecule has 3 nitrogen and oxygen atoms in total. The van der Waals surface area contributed by atoms with Crippen molar-refractivity contribution in [2.45, 2.75) is 39.8 Å². The number of nitrogens with zero attached hydrogens (tertiary/aromatic N) is 1. The zero-order valence-electron chi connectivity index (χ0n) is 10.6. The van der Waals surface area contributed by atoms with Crippen LogP contribution in [0.25, 0.3) is 0 Å². The molecule has 0 aliphatic carbocycles. The Bertz CT molecular complexity index is 406. The van der Waals surface area contributed by atoms with Gasteiger partial charge in [-0.2, -0.15) is 0 Å². The van der Waals surface area contributed by atoms with Crippen LogP contribution in [0, 0.1) is 6.92 Å². The lowest BCUT2D eigenvalue weighted by Crippen LogP contribution is -2.43. The monoisotopic (exact) mass is 252 g/mol. The molecule has 0 spiro atoms. The van der Waals surface area contributed by atoms with Gasteiger partial charge < -0.3 is 5.73 Å². The molecule has 4 heteroatoms. The molecule has 1 atom stereocenters. The van der Waals surface area contributed by atoms with Crippen molar-refractivity contribution in [2.75, 3.05) is 0 Å². The van der Waals surface area contributed by atoms with E-state index < -0.39 is 0 Å². The first-order valence-electron chi connectivity index (χ1n) is 5.91. The van der Waals surface area contributed by atoms with Crippen molar-refractivity contribution in [3.63, 3.8) is 0 Å². The summed E-state index contributed by atoms with van der Waals surface area (Å²) < 4.78 is 1.71. The number of amides is 1. The molecule has 2 N–H and O–H groups in total.